The molecule has 0 aliphatic heterocycles. The zero-order valence-electron chi connectivity index (χ0n) is 11.4. The summed E-state index contributed by atoms with van der Waals surface area (Å²) in [6.07, 6.45) is 3.98. The van der Waals surface area contributed by atoms with Crippen molar-refractivity contribution in [2.75, 3.05) is 6.61 Å². The van der Waals surface area contributed by atoms with Gasteiger partial charge in [-0.2, -0.15) is 0 Å². The maximum atomic E-state index is 13.4. The van der Waals surface area contributed by atoms with Crippen molar-refractivity contribution >= 4 is 5.97 Å². The molecule has 0 aliphatic carbocycles. The van der Waals surface area contributed by atoms with E-state index in [0.29, 0.717) is 0 Å². The number of carbonyl (C=O) groups is 1. The minimum atomic E-state index is -0.925. The molecule has 0 saturated carbocycles. The number of hydrogen-bond donors (Lipinski definition) is 0. The zero-order chi connectivity index (χ0) is 14.3. The lowest BCUT2D eigenvalue weighted by Crippen LogP contribution is -2.16. The van der Waals surface area contributed by atoms with Gasteiger partial charge in [0, 0.05) is 0 Å². The van der Waals surface area contributed by atoms with E-state index in [9.17, 15) is 13.6 Å². The summed E-state index contributed by atoms with van der Waals surface area (Å²) in [5.74, 6) is -2.44. The van der Waals surface area contributed by atoms with Crippen molar-refractivity contribution in [1.82, 2.24) is 0 Å². The van der Waals surface area contributed by atoms with Crippen LogP contribution in [0.5, 0.6) is 0 Å². The van der Waals surface area contributed by atoms with Crippen LogP contribution in [0.1, 0.15) is 49.9 Å². The van der Waals surface area contributed by atoms with Gasteiger partial charge in [-0.25, -0.2) is 13.6 Å². The van der Waals surface area contributed by atoms with Gasteiger partial charge >= 0.3 is 5.97 Å². The molecule has 1 unspecified atom stereocenters. The summed E-state index contributed by atoms with van der Waals surface area (Å²) >= 11 is 0. The van der Waals surface area contributed by atoms with Crippen LogP contribution in [0.15, 0.2) is 18.2 Å². The van der Waals surface area contributed by atoms with Crippen LogP contribution >= 0.6 is 0 Å². The van der Waals surface area contributed by atoms with E-state index < -0.39 is 23.2 Å². The Hall–Kier alpha value is -1.45. The lowest BCUT2D eigenvalue weighted by molar-refractivity contribution is 0.0417. The smallest absolute Gasteiger partial charge is 0.344 e. The van der Waals surface area contributed by atoms with Crippen LogP contribution in [0.3, 0.4) is 0 Å². The fourth-order valence-electron chi connectivity index (χ4n) is 1.86. The lowest BCUT2D eigenvalue weighted by Gasteiger charge is -2.14. The highest BCUT2D eigenvalue weighted by atomic mass is 19.1. The molecule has 0 spiro atoms. The number of halogens is 2. The Balaban J connectivity index is 2.59. The Morgan fingerprint density at radius 3 is 2.42 bits per heavy atom. The van der Waals surface area contributed by atoms with Crippen LogP contribution < -0.4 is 0 Å². The first kappa shape index (κ1) is 15.6. The van der Waals surface area contributed by atoms with Crippen LogP contribution in [0.4, 0.5) is 8.78 Å². The van der Waals surface area contributed by atoms with Gasteiger partial charge in [-0.1, -0.05) is 39.2 Å². The molecule has 0 amide bonds. The van der Waals surface area contributed by atoms with Gasteiger partial charge < -0.3 is 4.74 Å². The van der Waals surface area contributed by atoms with Gasteiger partial charge in [-0.15, -0.1) is 0 Å². The van der Waals surface area contributed by atoms with E-state index in [1.165, 1.54) is 6.07 Å². The summed E-state index contributed by atoms with van der Waals surface area (Å²) in [6, 6.07) is 3.32. The van der Waals surface area contributed by atoms with Gasteiger partial charge in [0.1, 0.15) is 17.2 Å². The van der Waals surface area contributed by atoms with Crippen LogP contribution in [0.25, 0.3) is 0 Å². The van der Waals surface area contributed by atoms with E-state index in [1.54, 1.807) is 0 Å². The number of hydrogen-bond acceptors (Lipinski definition) is 2. The Labute approximate surface area is 112 Å². The third-order valence-corrected chi connectivity index (χ3v) is 3.16. The highest BCUT2D eigenvalue weighted by Crippen LogP contribution is 2.16. The number of esters is 1. The number of carbonyl (C=O) groups excluding carboxylic acids is 1. The first-order valence-electron chi connectivity index (χ1n) is 6.71. The van der Waals surface area contributed by atoms with E-state index in [4.69, 9.17) is 4.74 Å². The van der Waals surface area contributed by atoms with Gasteiger partial charge in [-0.05, 0) is 24.5 Å². The van der Waals surface area contributed by atoms with Gasteiger partial charge in [0.25, 0.3) is 0 Å². The normalized spacial score (nSPS) is 12.2. The van der Waals surface area contributed by atoms with Crippen LogP contribution in [0, 0.1) is 17.6 Å². The SMILES string of the molecule is CCCCC(CC)COC(=O)c1c(F)cccc1F. The molecule has 1 aromatic carbocycles. The molecule has 1 aromatic rings. The molecule has 0 saturated heterocycles. The second-order valence-electron chi connectivity index (χ2n) is 4.61. The quantitative estimate of drug-likeness (QED) is 0.689. The third kappa shape index (κ3) is 4.62. The third-order valence-electron chi connectivity index (χ3n) is 3.16. The molecule has 0 aromatic heterocycles. The Morgan fingerprint density at radius 2 is 1.89 bits per heavy atom. The molecule has 4 heteroatoms. The lowest BCUT2D eigenvalue weighted by atomic mass is 10.0. The average Bonchev–Trinajstić information content (AvgIpc) is 2.38. The first-order chi connectivity index (χ1) is 9.10. The minimum absolute atomic E-state index is 0.211. The van der Waals surface area contributed by atoms with Crippen molar-refractivity contribution in [2.45, 2.75) is 39.5 Å². The first-order valence-corrected chi connectivity index (χ1v) is 6.71. The second kappa shape index (κ2) is 7.87. The van der Waals surface area contributed by atoms with Crippen molar-refractivity contribution in [3.63, 3.8) is 0 Å². The van der Waals surface area contributed by atoms with E-state index in [0.717, 1.165) is 37.8 Å². The number of unbranched alkanes of at least 4 members (excludes halogenated alkanes) is 1. The summed E-state index contributed by atoms with van der Waals surface area (Å²) < 4.78 is 31.8. The Morgan fingerprint density at radius 1 is 1.26 bits per heavy atom. The predicted octanol–water partition coefficient (Wildman–Crippen LogP) is 4.34. The van der Waals surface area contributed by atoms with Crippen molar-refractivity contribution in [2.24, 2.45) is 5.92 Å². The summed E-state index contributed by atoms with van der Waals surface area (Å²) in [5, 5.41) is 0. The molecule has 2 nitrogen and oxygen atoms in total. The molecule has 0 N–H and O–H groups in total. The van der Waals surface area contributed by atoms with Gasteiger partial charge in [0.05, 0.1) is 6.61 Å². The molecule has 0 heterocycles. The van der Waals surface area contributed by atoms with Gasteiger partial charge in [0.2, 0.25) is 0 Å². The maximum Gasteiger partial charge on any atom is 0.344 e. The number of ether oxygens (including phenoxy) is 1. The van der Waals surface area contributed by atoms with Crippen LogP contribution in [0.2, 0.25) is 0 Å². The van der Waals surface area contributed by atoms with Gasteiger partial charge in [0.15, 0.2) is 0 Å². The highest BCUT2D eigenvalue weighted by molar-refractivity contribution is 5.89. The molecule has 0 aliphatic rings. The number of benzene rings is 1. The second-order valence-corrected chi connectivity index (χ2v) is 4.61. The number of rotatable bonds is 7. The molecule has 1 atom stereocenters. The van der Waals surface area contributed by atoms with E-state index in [2.05, 4.69) is 6.92 Å². The molecular formula is C15H20F2O2. The van der Waals surface area contributed by atoms with E-state index >= 15 is 0 Å². The monoisotopic (exact) mass is 270 g/mol. The molecule has 106 valence electrons. The minimum Gasteiger partial charge on any atom is -0.462 e. The van der Waals surface area contributed by atoms with Gasteiger partial charge in [-0.3, -0.25) is 0 Å². The van der Waals surface area contributed by atoms with Crippen LogP contribution in [-0.2, 0) is 4.74 Å². The fourth-order valence-corrected chi connectivity index (χ4v) is 1.86. The average molecular weight is 270 g/mol. The molecule has 0 fully saturated rings. The Bertz CT molecular complexity index is 398. The maximum absolute atomic E-state index is 13.4. The molecular weight excluding hydrogens is 250 g/mol. The van der Waals surface area contributed by atoms with Crippen LogP contribution in [-0.4, -0.2) is 12.6 Å². The summed E-state index contributed by atoms with van der Waals surface area (Å²) in [5.41, 5.74) is -0.604. The molecule has 1 rings (SSSR count). The summed E-state index contributed by atoms with van der Waals surface area (Å²) in [7, 11) is 0. The van der Waals surface area contributed by atoms with Crippen molar-refractivity contribution in [3.8, 4) is 0 Å². The van der Waals surface area contributed by atoms with E-state index in [1.807, 2.05) is 6.92 Å². The molecule has 19 heavy (non-hydrogen) atoms. The van der Waals surface area contributed by atoms with Crippen molar-refractivity contribution in [1.29, 1.82) is 0 Å². The van der Waals surface area contributed by atoms with E-state index in [-0.39, 0.29) is 12.5 Å². The fraction of sp³-hybridized carbons (Fsp3) is 0.533. The summed E-state index contributed by atoms with van der Waals surface area (Å²) in [4.78, 5) is 11.7. The molecule has 0 bridgehead atoms. The predicted molar refractivity (Wildman–Crippen MR) is 69.9 cm³/mol. The standard InChI is InChI=1S/C15H20F2O2/c1-3-5-7-11(4-2)10-19-15(18)14-12(16)8-6-9-13(14)17/h6,8-9,11H,3-5,7,10H2,1-2H3. The zero-order valence-corrected chi connectivity index (χ0v) is 11.4. The molecule has 0 radical (unpaired) electrons. The highest BCUT2D eigenvalue weighted by Gasteiger charge is 2.19. The summed E-state index contributed by atoms with van der Waals surface area (Å²) in [6.45, 7) is 4.31. The van der Waals surface area contributed by atoms with Crippen molar-refractivity contribution in [3.05, 3.63) is 35.4 Å². The Kier molecular flexibility index (Phi) is 6.46. The largest absolute Gasteiger partial charge is 0.462 e. The topological polar surface area (TPSA) is 26.3 Å². The van der Waals surface area contributed by atoms with Crippen molar-refractivity contribution < 1.29 is 18.3 Å².